The first kappa shape index (κ1) is 25.4. The maximum atomic E-state index is 10.3. The molecule has 1 saturated carbocycles. The van der Waals surface area contributed by atoms with Crippen molar-refractivity contribution in [3.8, 4) is 0 Å². The van der Waals surface area contributed by atoms with Gasteiger partial charge in [-0.1, -0.05) is 77.6 Å². The highest BCUT2D eigenvalue weighted by molar-refractivity contribution is 4.75. The number of unbranched alkanes of at least 4 members (excludes halogenated alkanes) is 11. The highest BCUT2D eigenvalue weighted by Gasteiger charge is 2.35. The van der Waals surface area contributed by atoms with Crippen LogP contribution in [0, 0.1) is 0 Å². The molecule has 0 aromatic rings. The lowest BCUT2D eigenvalue weighted by molar-refractivity contribution is -0.920. The Labute approximate surface area is 169 Å². The number of aliphatic hydroxyl groups excluding tert-OH is 1. The van der Waals surface area contributed by atoms with Crippen molar-refractivity contribution in [3.05, 3.63) is 0 Å². The van der Waals surface area contributed by atoms with Crippen LogP contribution in [0.4, 0.5) is 0 Å². The van der Waals surface area contributed by atoms with Crippen LogP contribution in [-0.4, -0.2) is 42.4 Å². The number of aliphatic hydroxyl groups is 1. The summed E-state index contributed by atoms with van der Waals surface area (Å²) < 4.78 is 1.03. The molecule has 0 spiro atoms. The van der Waals surface area contributed by atoms with Crippen LogP contribution >= 0.6 is 0 Å². The van der Waals surface area contributed by atoms with Crippen LogP contribution in [0.1, 0.15) is 110 Å². The quantitative estimate of drug-likeness (QED) is 0.338. The van der Waals surface area contributed by atoms with Crippen LogP contribution in [0.2, 0.25) is 0 Å². The summed E-state index contributed by atoms with van der Waals surface area (Å²) in [4.78, 5) is 0. The molecule has 0 bridgehead atoms. The molecule has 1 fully saturated rings. The van der Waals surface area contributed by atoms with Crippen molar-refractivity contribution in [1.82, 2.24) is 0 Å². The Morgan fingerprint density at radius 3 is 1.64 bits per heavy atom. The molecule has 3 heteroatoms. The lowest BCUT2D eigenvalue weighted by Crippen LogP contribution is -3.00. The number of quaternary nitrogens is 1. The summed E-state index contributed by atoms with van der Waals surface area (Å²) in [5, 5.41) is 10.3. The largest absolute Gasteiger partial charge is 1.00 e. The summed E-state index contributed by atoms with van der Waals surface area (Å²) in [6.07, 6.45) is 21.7. The second-order valence-corrected chi connectivity index (χ2v) is 8.81. The van der Waals surface area contributed by atoms with Gasteiger partial charge in [-0.15, -0.1) is 0 Å². The van der Waals surface area contributed by atoms with Crippen molar-refractivity contribution in [2.45, 2.75) is 122 Å². The van der Waals surface area contributed by atoms with E-state index in [0.29, 0.717) is 6.04 Å². The standard InChI is InChI=1S/C22H46NO.BrH/c1-4-5-6-7-8-9-10-11-12-13-14-17-20-23(2,3)21-18-15-16-19-22(21)24;/h21-22,24H,4-20H2,1-3H3;1H/q+1;/p-1. The zero-order chi connectivity index (χ0) is 17.7. The lowest BCUT2D eigenvalue weighted by atomic mass is 9.90. The second kappa shape index (κ2) is 15.5. The third-order valence-electron chi connectivity index (χ3n) is 6.18. The molecule has 0 aromatic carbocycles. The predicted octanol–water partition coefficient (Wildman–Crippen LogP) is 3.07. The lowest BCUT2D eigenvalue weighted by Gasteiger charge is -2.42. The van der Waals surface area contributed by atoms with Crippen LogP contribution < -0.4 is 17.0 Å². The van der Waals surface area contributed by atoms with Crippen molar-refractivity contribution < 1.29 is 26.6 Å². The van der Waals surface area contributed by atoms with Gasteiger partial charge in [0.05, 0.1) is 20.6 Å². The Bertz CT molecular complexity index is 296. The average molecular weight is 421 g/mol. The minimum atomic E-state index is -0.0638. The Morgan fingerprint density at radius 2 is 1.16 bits per heavy atom. The minimum Gasteiger partial charge on any atom is -1.00 e. The predicted molar refractivity (Wildman–Crippen MR) is 106 cm³/mol. The average Bonchev–Trinajstić information content (AvgIpc) is 2.56. The molecule has 1 rings (SSSR count). The van der Waals surface area contributed by atoms with Crippen molar-refractivity contribution in [3.63, 3.8) is 0 Å². The van der Waals surface area contributed by atoms with Crippen molar-refractivity contribution in [2.75, 3.05) is 20.6 Å². The van der Waals surface area contributed by atoms with Crippen molar-refractivity contribution in [1.29, 1.82) is 0 Å². The zero-order valence-corrected chi connectivity index (χ0v) is 19.0. The van der Waals surface area contributed by atoms with E-state index in [-0.39, 0.29) is 23.1 Å². The van der Waals surface area contributed by atoms with Crippen LogP contribution in [0.5, 0.6) is 0 Å². The number of nitrogens with zero attached hydrogens (tertiary/aromatic N) is 1. The van der Waals surface area contributed by atoms with E-state index in [4.69, 9.17) is 0 Å². The Morgan fingerprint density at radius 1 is 0.720 bits per heavy atom. The molecule has 152 valence electrons. The Balaban J connectivity index is 0.00000576. The van der Waals surface area contributed by atoms with Gasteiger partial charge in [-0.3, -0.25) is 0 Å². The van der Waals surface area contributed by atoms with Gasteiger partial charge in [-0.25, -0.2) is 0 Å². The van der Waals surface area contributed by atoms with Crippen LogP contribution in [0.25, 0.3) is 0 Å². The number of hydrogen-bond donors (Lipinski definition) is 1. The van der Waals surface area contributed by atoms with E-state index in [0.717, 1.165) is 10.9 Å². The summed E-state index contributed by atoms with van der Waals surface area (Å²) in [6.45, 7) is 3.52. The molecular weight excluding hydrogens is 374 g/mol. The van der Waals surface area contributed by atoms with E-state index in [1.807, 2.05) is 0 Å². The fourth-order valence-electron chi connectivity index (χ4n) is 4.43. The molecule has 2 atom stereocenters. The van der Waals surface area contributed by atoms with Crippen LogP contribution in [0.3, 0.4) is 0 Å². The molecule has 25 heavy (non-hydrogen) atoms. The smallest absolute Gasteiger partial charge is 0.115 e. The summed E-state index contributed by atoms with van der Waals surface area (Å²) >= 11 is 0. The molecule has 1 aliphatic rings. The van der Waals surface area contributed by atoms with Crippen LogP contribution in [-0.2, 0) is 0 Å². The van der Waals surface area contributed by atoms with Crippen molar-refractivity contribution >= 4 is 0 Å². The SMILES string of the molecule is CCCCCCCCCCCCCC[N+](C)(C)C1CCCCC1O.[Br-]. The third kappa shape index (κ3) is 11.7. The molecule has 0 aliphatic heterocycles. The molecule has 2 nitrogen and oxygen atoms in total. The number of hydrogen-bond acceptors (Lipinski definition) is 1. The number of halogens is 1. The highest BCUT2D eigenvalue weighted by Crippen LogP contribution is 2.26. The minimum absolute atomic E-state index is 0. The fraction of sp³-hybridized carbons (Fsp3) is 1.00. The monoisotopic (exact) mass is 419 g/mol. The molecule has 1 N–H and O–H groups in total. The van der Waals surface area contributed by atoms with Crippen molar-refractivity contribution in [2.24, 2.45) is 0 Å². The first-order chi connectivity index (χ1) is 11.6. The molecule has 0 heterocycles. The Kier molecular flexibility index (Phi) is 15.7. The van der Waals surface area contributed by atoms with E-state index >= 15 is 0 Å². The van der Waals surface area contributed by atoms with Crippen LogP contribution in [0.15, 0.2) is 0 Å². The van der Waals surface area contributed by atoms with E-state index in [1.165, 1.54) is 103 Å². The van der Waals surface area contributed by atoms with Gasteiger partial charge in [0.15, 0.2) is 0 Å². The number of likely N-dealkylation sites (N-methyl/N-ethyl adjacent to an activating group) is 1. The first-order valence-electron chi connectivity index (χ1n) is 11.1. The molecule has 0 radical (unpaired) electrons. The third-order valence-corrected chi connectivity index (χ3v) is 6.18. The summed E-state index contributed by atoms with van der Waals surface area (Å²) in [6, 6.07) is 0.478. The van der Waals surface area contributed by atoms with E-state index in [1.54, 1.807) is 0 Å². The van der Waals surface area contributed by atoms with Gasteiger partial charge in [0.25, 0.3) is 0 Å². The normalized spacial score (nSPS) is 21.1. The fourth-order valence-corrected chi connectivity index (χ4v) is 4.43. The summed E-state index contributed by atoms with van der Waals surface area (Å²) in [5.41, 5.74) is 0. The van der Waals surface area contributed by atoms with Gasteiger partial charge in [-0.05, 0) is 25.7 Å². The van der Waals surface area contributed by atoms with Gasteiger partial charge in [-0.2, -0.15) is 0 Å². The maximum absolute atomic E-state index is 10.3. The van der Waals surface area contributed by atoms with Gasteiger partial charge >= 0.3 is 0 Å². The number of rotatable bonds is 14. The summed E-state index contributed by atoms with van der Waals surface area (Å²) in [7, 11) is 4.66. The molecule has 0 amide bonds. The highest BCUT2D eigenvalue weighted by atomic mass is 79.9. The van der Waals surface area contributed by atoms with Gasteiger partial charge < -0.3 is 26.6 Å². The first-order valence-corrected chi connectivity index (χ1v) is 11.1. The maximum Gasteiger partial charge on any atom is 0.115 e. The molecule has 0 saturated heterocycles. The second-order valence-electron chi connectivity index (χ2n) is 8.81. The molecule has 2 unspecified atom stereocenters. The van der Waals surface area contributed by atoms with E-state index < -0.39 is 0 Å². The van der Waals surface area contributed by atoms with E-state index in [9.17, 15) is 5.11 Å². The summed E-state index contributed by atoms with van der Waals surface area (Å²) in [5.74, 6) is 0. The molecule has 1 aliphatic carbocycles. The topological polar surface area (TPSA) is 20.2 Å². The van der Waals surface area contributed by atoms with Gasteiger partial charge in [0, 0.05) is 6.42 Å². The molecule has 0 aromatic heterocycles. The molecular formula is C22H46BrNO. The van der Waals surface area contributed by atoms with Gasteiger partial charge in [0.1, 0.15) is 12.1 Å². The van der Waals surface area contributed by atoms with Gasteiger partial charge in [0.2, 0.25) is 0 Å². The van der Waals surface area contributed by atoms with E-state index in [2.05, 4.69) is 21.0 Å². The Hall–Kier alpha value is 0.400. The zero-order valence-electron chi connectivity index (χ0n) is 17.4.